The van der Waals surface area contributed by atoms with Crippen molar-refractivity contribution < 1.29 is 23.9 Å². The van der Waals surface area contributed by atoms with Crippen molar-refractivity contribution in [1.82, 2.24) is 0 Å². The van der Waals surface area contributed by atoms with Gasteiger partial charge in [-0.25, -0.2) is 13.9 Å². The summed E-state index contributed by atoms with van der Waals surface area (Å²) in [6, 6.07) is 7.33. The van der Waals surface area contributed by atoms with Crippen LogP contribution in [0.25, 0.3) is 0 Å². The van der Waals surface area contributed by atoms with Crippen LogP contribution in [0.3, 0.4) is 0 Å². The van der Waals surface area contributed by atoms with E-state index in [-0.39, 0.29) is 5.97 Å². The van der Waals surface area contributed by atoms with E-state index in [1.807, 2.05) is 45.9 Å². The minimum atomic E-state index is -0.334. The molecule has 0 atom stereocenters. The van der Waals surface area contributed by atoms with E-state index >= 15 is 0 Å². The van der Waals surface area contributed by atoms with Crippen LogP contribution in [0, 0.1) is 0 Å². The van der Waals surface area contributed by atoms with Crippen molar-refractivity contribution in [3.63, 3.8) is 0 Å². The zero-order valence-corrected chi connectivity index (χ0v) is 12.4. The molecule has 2 heterocycles. The number of ether oxygens (including phenoxy) is 1. The van der Waals surface area contributed by atoms with Crippen LogP contribution in [0.2, 0.25) is 0 Å². The number of oxime groups is 1. The first-order valence-electron chi connectivity index (χ1n) is 6.97. The van der Waals surface area contributed by atoms with Gasteiger partial charge in [0.25, 0.3) is 0 Å². The SMILES string of the molecule is COC(=O)c1ccc[n+](CCC[n+]2cccc(/C=N/O)c2)c1. The highest BCUT2D eigenvalue weighted by molar-refractivity contribution is 5.88. The number of nitrogens with zero attached hydrogens (tertiary/aromatic N) is 3. The van der Waals surface area contributed by atoms with E-state index in [9.17, 15) is 4.79 Å². The number of aromatic nitrogens is 2. The molecule has 0 aliphatic rings. The molecule has 6 heteroatoms. The second-order valence-corrected chi connectivity index (χ2v) is 4.80. The van der Waals surface area contributed by atoms with Crippen LogP contribution in [0.15, 0.2) is 54.2 Å². The van der Waals surface area contributed by atoms with Gasteiger partial charge in [-0.1, -0.05) is 5.16 Å². The van der Waals surface area contributed by atoms with Gasteiger partial charge in [0.15, 0.2) is 37.9 Å². The number of hydrogen-bond acceptors (Lipinski definition) is 4. The standard InChI is InChI=1S/C16H18N3O3/c1-22-16(20)15-6-3-8-19(13-15)10-4-9-18-7-2-5-14(12-18)11-17-21/h2-3,5-8,11-13H,4,9-10H2,1H3/q+1/p+1/b17-11+. The van der Waals surface area contributed by atoms with Crippen LogP contribution in [0.4, 0.5) is 0 Å². The van der Waals surface area contributed by atoms with Crippen LogP contribution in [0.1, 0.15) is 22.3 Å². The van der Waals surface area contributed by atoms with Gasteiger partial charge in [0.05, 0.1) is 25.3 Å². The highest BCUT2D eigenvalue weighted by Gasteiger charge is 2.11. The fourth-order valence-corrected chi connectivity index (χ4v) is 2.16. The largest absolute Gasteiger partial charge is 0.465 e. The van der Waals surface area contributed by atoms with Gasteiger partial charge in [-0.05, 0) is 12.1 Å². The number of pyridine rings is 2. The monoisotopic (exact) mass is 301 g/mol. The Balaban J connectivity index is 1.93. The van der Waals surface area contributed by atoms with E-state index in [0.29, 0.717) is 5.56 Å². The van der Waals surface area contributed by atoms with Crippen molar-refractivity contribution in [1.29, 1.82) is 0 Å². The average molecular weight is 301 g/mol. The van der Waals surface area contributed by atoms with Crippen molar-refractivity contribution in [2.45, 2.75) is 19.5 Å². The Labute approximate surface area is 128 Å². The Bertz CT molecular complexity index is 671. The summed E-state index contributed by atoms with van der Waals surface area (Å²) in [6.07, 6.45) is 9.88. The first-order chi connectivity index (χ1) is 10.7. The number of methoxy groups -OCH3 is 1. The van der Waals surface area contributed by atoms with Crippen LogP contribution < -0.4 is 9.13 Å². The zero-order chi connectivity index (χ0) is 15.8. The Hall–Kier alpha value is -2.76. The summed E-state index contributed by atoms with van der Waals surface area (Å²) in [5.41, 5.74) is 1.38. The number of rotatable bonds is 6. The molecule has 0 aromatic carbocycles. The summed E-state index contributed by atoms with van der Waals surface area (Å²) in [6.45, 7) is 1.61. The molecular weight excluding hydrogens is 282 g/mol. The van der Waals surface area contributed by atoms with Crippen LogP contribution in [-0.4, -0.2) is 24.5 Å². The molecule has 1 N–H and O–H groups in total. The van der Waals surface area contributed by atoms with Crippen LogP contribution in [0.5, 0.6) is 0 Å². The van der Waals surface area contributed by atoms with Gasteiger partial charge in [-0.3, -0.25) is 0 Å². The van der Waals surface area contributed by atoms with E-state index in [4.69, 9.17) is 9.94 Å². The minimum Gasteiger partial charge on any atom is -0.465 e. The Morgan fingerprint density at radius 3 is 2.59 bits per heavy atom. The van der Waals surface area contributed by atoms with E-state index < -0.39 is 0 Å². The van der Waals surface area contributed by atoms with Crippen molar-refractivity contribution in [2.24, 2.45) is 5.16 Å². The number of carbonyl (C=O) groups excluding carboxylic acids is 1. The number of esters is 1. The summed E-state index contributed by atoms with van der Waals surface area (Å²) in [5.74, 6) is -0.334. The van der Waals surface area contributed by atoms with Crippen molar-refractivity contribution in [3.8, 4) is 0 Å². The molecule has 2 aromatic rings. The lowest BCUT2D eigenvalue weighted by atomic mass is 10.2. The summed E-state index contributed by atoms with van der Waals surface area (Å²) in [4.78, 5) is 11.5. The smallest absolute Gasteiger partial charge is 0.343 e. The van der Waals surface area contributed by atoms with Gasteiger partial charge in [0.1, 0.15) is 5.56 Å². The lowest BCUT2D eigenvalue weighted by molar-refractivity contribution is -0.727. The highest BCUT2D eigenvalue weighted by Crippen LogP contribution is 1.97. The van der Waals surface area contributed by atoms with Crippen LogP contribution in [-0.2, 0) is 17.8 Å². The molecule has 22 heavy (non-hydrogen) atoms. The van der Waals surface area contributed by atoms with Gasteiger partial charge < -0.3 is 9.94 Å². The number of hydrogen-bond donors (Lipinski definition) is 1. The van der Waals surface area contributed by atoms with Crippen molar-refractivity contribution in [3.05, 3.63) is 60.2 Å². The average Bonchev–Trinajstić information content (AvgIpc) is 2.55. The molecule has 6 nitrogen and oxygen atoms in total. The maximum atomic E-state index is 11.5. The molecule has 2 rings (SSSR count). The molecule has 0 spiro atoms. The van der Waals surface area contributed by atoms with Crippen molar-refractivity contribution >= 4 is 12.2 Å². The fraction of sp³-hybridized carbons (Fsp3) is 0.250. The highest BCUT2D eigenvalue weighted by atomic mass is 16.5. The second-order valence-electron chi connectivity index (χ2n) is 4.80. The molecule has 0 bridgehead atoms. The lowest BCUT2D eigenvalue weighted by Crippen LogP contribution is -2.39. The summed E-state index contributed by atoms with van der Waals surface area (Å²) in [7, 11) is 1.37. The third-order valence-electron chi connectivity index (χ3n) is 3.20. The molecule has 0 aliphatic heterocycles. The van der Waals surface area contributed by atoms with Gasteiger partial charge in [-0.2, -0.15) is 0 Å². The zero-order valence-electron chi connectivity index (χ0n) is 12.4. The third kappa shape index (κ3) is 4.37. The lowest BCUT2D eigenvalue weighted by Gasteiger charge is -2.00. The molecule has 2 aromatic heterocycles. The Morgan fingerprint density at radius 1 is 1.23 bits per heavy atom. The predicted octanol–water partition coefficient (Wildman–Crippen LogP) is 0.947. The second kappa shape index (κ2) is 7.87. The molecule has 0 saturated heterocycles. The maximum Gasteiger partial charge on any atom is 0.343 e. The van der Waals surface area contributed by atoms with Crippen LogP contribution >= 0.6 is 0 Å². The summed E-state index contributed by atoms with van der Waals surface area (Å²) < 4.78 is 8.71. The maximum absolute atomic E-state index is 11.5. The molecule has 0 aliphatic carbocycles. The quantitative estimate of drug-likeness (QED) is 0.284. The Kier molecular flexibility index (Phi) is 5.59. The summed E-state index contributed by atoms with van der Waals surface area (Å²) in [5, 5.41) is 11.6. The summed E-state index contributed by atoms with van der Waals surface area (Å²) >= 11 is 0. The van der Waals surface area contributed by atoms with E-state index in [1.54, 1.807) is 12.3 Å². The first-order valence-corrected chi connectivity index (χ1v) is 6.97. The predicted molar refractivity (Wildman–Crippen MR) is 78.6 cm³/mol. The van der Waals surface area contributed by atoms with Gasteiger partial charge >= 0.3 is 5.97 Å². The van der Waals surface area contributed by atoms with Gasteiger partial charge in [0.2, 0.25) is 0 Å². The molecule has 0 amide bonds. The molecular formula is C16H19N3O3+2. The Morgan fingerprint density at radius 2 is 1.91 bits per heavy atom. The molecule has 0 fully saturated rings. The van der Waals surface area contributed by atoms with Crippen molar-refractivity contribution in [2.75, 3.05) is 7.11 Å². The minimum absolute atomic E-state index is 0.334. The van der Waals surface area contributed by atoms with Gasteiger partial charge in [0, 0.05) is 12.1 Å². The van der Waals surface area contributed by atoms with E-state index in [1.165, 1.54) is 13.3 Å². The fourth-order valence-electron chi connectivity index (χ4n) is 2.16. The molecule has 0 radical (unpaired) electrons. The normalized spacial score (nSPS) is 10.8. The molecule has 0 saturated carbocycles. The number of carbonyl (C=O) groups is 1. The van der Waals surface area contributed by atoms with Gasteiger partial charge in [-0.15, -0.1) is 0 Å². The first kappa shape index (κ1) is 15.6. The number of aryl methyl sites for hydroxylation is 2. The third-order valence-corrected chi connectivity index (χ3v) is 3.20. The molecule has 114 valence electrons. The van der Waals surface area contributed by atoms with E-state index in [0.717, 1.165) is 25.1 Å². The van der Waals surface area contributed by atoms with E-state index in [2.05, 4.69) is 5.16 Å². The molecule has 0 unspecified atom stereocenters. The topological polar surface area (TPSA) is 66.7 Å².